The number of amides is 1. The fraction of sp³-hybridized carbons (Fsp3) is 0.222. The summed E-state index contributed by atoms with van der Waals surface area (Å²) < 4.78 is 10.7. The second-order valence-electron chi connectivity index (χ2n) is 5.77. The number of hydrogen-bond acceptors (Lipinski definition) is 6. The maximum Gasteiger partial charge on any atom is 0.231 e. The Morgan fingerprint density at radius 1 is 1.24 bits per heavy atom. The molecule has 1 aromatic carbocycles. The van der Waals surface area contributed by atoms with Gasteiger partial charge in [0.1, 0.15) is 5.01 Å². The number of carbonyl (C=O) groups excluding carboxylic acids is 1. The van der Waals surface area contributed by atoms with Gasteiger partial charge >= 0.3 is 0 Å². The smallest absolute Gasteiger partial charge is 0.231 e. The van der Waals surface area contributed by atoms with Crippen molar-refractivity contribution in [2.24, 2.45) is 0 Å². The van der Waals surface area contributed by atoms with Gasteiger partial charge in [-0.3, -0.25) is 4.79 Å². The molecule has 128 valence electrons. The number of aromatic nitrogens is 1. The minimum atomic E-state index is 0.0415. The first-order chi connectivity index (χ1) is 12.2. The zero-order chi connectivity index (χ0) is 17.2. The number of nitrogens with zero attached hydrogens (tertiary/aromatic N) is 2. The van der Waals surface area contributed by atoms with E-state index in [0.717, 1.165) is 33.3 Å². The predicted molar refractivity (Wildman–Crippen MR) is 98.2 cm³/mol. The molecule has 3 heterocycles. The molecule has 1 aliphatic heterocycles. The van der Waals surface area contributed by atoms with Crippen LogP contribution in [0.4, 0.5) is 0 Å². The van der Waals surface area contributed by atoms with Crippen LogP contribution in [-0.4, -0.2) is 29.6 Å². The Hall–Kier alpha value is -2.38. The summed E-state index contributed by atoms with van der Waals surface area (Å²) in [6, 6.07) is 7.79. The standard InChI is InChI=1S/C18H16N2O3S2/c1-20(8-12-2-3-15-16(6-12)23-11-22-15)17(21)7-14-10-25-18(19-14)13-4-5-24-9-13/h2-6,9-10H,7-8,11H2,1H3. The lowest BCUT2D eigenvalue weighted by Gasteiger charge is -2.17. The van der Waals surface area contributed by atoms with Crippen LogP contribution in [0.2, 0.25) is 0 Å². The highest BCUT2D eigenvalue weighted by atomic mass is 32.1. The van der Waals surface area contributed by atoms with E-state index in [1.54, 1.807) is 34.6 Å². The molecule has 0 saturated carbocycles. The topological polar surface area (TPSA) is 51.7 Å². The summed E-state index contributed by atoms with van der Waals surface area (Å²) in [4.78, 5) is 18.8. The Bertz CT molecular complexity index is 890. The molecule has 0 radical (unpaired) electrons. The van der Waals surface area contributed by atoms with Crippen LogP contribution in [0.3, 0.4) is 0 Å². The summed E-state index contributed by atoms with van der Waals surface area (Å²) in [5.74, 6) is 1.53. The molecule has 1 amide bonds. The Kier molecular flexibility index (Phi) is 4.42. The first-order valence-electron chi connectivity index (χ1n) is 7.78. The lowest BCUT2D eigenvalue weighted by Crippen LogP contribution is -2.27. The Morgan fingerprint density at radius 3 is 2.96 bits per heavy atom. The van der Waals surface area contributed by atoms with Gasteiger partial charge in [-0.25, -0.2) is 4.98 Å². The number of thiazole rings is 1. The summed E-state index contributed by atoms with van der Waals surface area (Å²) in [7, 11) is 1.80. The molecule has 0 unspecified atom stereocenters. The quantitative estimate of drug-likeness (QED) is 0.684. The highest BCUT2D eigenvalue weighted by Crippen LogP contribution is 2.32. The van der Waals surface area contributed by atoms with Crippen molar-refractivity contribution in [3.8, 4) is 22.1 Å². The first-order valence-corrected chi connectivity index (χ1v) is 9.61. The molecule has 0 fully saturated rings. The monoisotopic (exact) mass is 372 g/mol. The fourth-order valence-corrected chi connectivity index (χ4v) is 4.13. The van der Waals surface area contributed by atoms with Crippen molar-refractivity contribution < 1.29 is 14.3 Å². The van der Waals surface area contributed by atoms with Gasteiger partial charge in [-0.15, -0.1) is 11.3 Å². The zero-order valence-electron chi connectivity index (χ0n) is 13.6. The van der Waals surface area contributed by atoms with Crippen LogP contribution in [0, 0.1) is 0 Å². The van der Waals surface area contributed by atoms with Crippen LogP contribution in [0.1, 0.15) is 11.3 Å². The third-order valence-electron chi connectivity index (χ3n) is 3.93. The van der Waals surface area contributed by atoms with Crippen LogP contribution in [-0.2, 0) is 17.8 Å². The van der Waals surface area contributed by atoms with E-state index in [4.69, 9.17) is 9.47 Å². The van der Waals surface area contributed by atoms with Crippen molar-refractivity contribution in [1.29, 1.82) is 0 Å². The summed E-state index contributed by atoms with van der Waals surface area (Å²) >= 11 is 3.22. The highest BCUT2D eigenvalue weighted by Gasteiger charge is 2.16. The van der Waals surface area contributed by atoms with Crippen LogP contribution >= 0.6 is 22.7 Å². The van der Waals surface area contributed by atoms with Crippen LogP contribution in [0.5, 0.6) is 11.5 Å². The van der Waals surface area contributed by atoms with Crippen LogP contribution in [0.25, 0.3) is 10.6 Å². The van der Waals surface area contributed by atoms with Crippen molar-refractivity contribution >= 4 is 28.6 Å². The van der Waals surface area contributed by atoms with E-state index in [9.17, 15) is 4.79 Å². The minimum absolute atomic E-state index is 0.0415. The van der Waals surface area contributed by atoms with E-state index in [-0.39, 0.29) is 12.7 Å². The number of benzene rings is 1. The Morgan fingerprint density at radius 2 is 2.12 bits per heavy atom. The van der Waals surface area contributed by atoms with Crippen molar-refractivity contribution in [1.82, 2.24) is 9.88 Å². The second-order valence-corrected chi connectivity index (χ2v) is 7.41. The SMILES string of the molecule is CN(Cc1ccc2c(c1)OCO2)C(=O)Cc1csc(-c2ccsc2)n1. The second kappa shape index (κ2) is 6.85. The summed E-state index contributed by atoms with van der Waals surface area (Å²) in [6.07, 6.45) is 0.307. The molecule has 0 bridgehead atoms. The average molecular weight is 372 g/mol. The van der Waals surface area contributed by atoms with Gasteiger partial charge in [0.05, 0.1) is 12.1 Å². The normalized spacial score (nSPS) is 12.4. The van der Waals surface area contributed by atoms with Crippen molar-refractivity contribution in [3.05, 3.63) is 51.7 Å². The van der Waals surface area contributed by atoms with E-state index < -0.39 is 0 Å². The van der Waals surface area contributed by atoms with Crippen molar-refractivity contribution in [3.63, 3.8) is 0 Å². The van der Waals surface area contributed by atoms with Gasteiger partial charge < -0.3 is 14.4 Å². The van der Waals surface area contributed by atoms with Gasteiger partial charge in [-0.1, -0.05) is 6.07 Å². The molecule has 4 rings (SSSR count). The number of likely N-dealkylation sites (N-methyl/N-ethyl adjacent to an activating group) is 1. The molecule has 1 aliphatic rings. The minimum Gasteiger partial charge on any atom is -0.454 e. The fourth-order valence-electron chi connectivity index (χ4n) is 2.60. The van der Waals surface area contributed by atoms with Gasteiger partial charge in [0, 0.05) is 29.9 Å². The van der Waals surface area contributed by atoms with Crippen molar-refractivity contribution in [2.45, 2.75) is 13.0 Å². The largest absolute Gasteiger partial charge is 0.454 e. The first kappa shape index (κ1) is 16.1. The van der Waals surface area contributed by atoms with Crippen LogP contribution in [0.15, 0.2) is 40.4 Å². The molecule has 25 heavy (non-hydrogen) atoms. The maximum absolute atomic E-state index is 12.5. The molecule has 3 aromatic rings. The third-order valence-corrected chi connectivity index (χ3v) is 5.56. The summed E-state index contributed by atoms with van der Waals surface area (Å²) in [6.45, 7) is 0.779. The van der Waals surface area contributed by atoms with Gasteiger partial charge in [0.2, 0.25) is 12.7 Å². The number of carbonyl (C=O) groups is 1. The van der Waals surface area contributed by atoms with E-state index in [1.807, 2.05) is 35.0 Å². The van der Waals surface area contributed by atoms with Gasteiger partial charge in [-0.05, 0) is 29.1 Å². The van der Waals surface area contributed by atoms with Crippen LogP contribution < -0.4 is 9.47 Å². The van der Waals surface area contributed by atoms with E-state index in [0.29, 0.717) is 13.0 Å². The molecule has 2 aromatic heterocycles. The molecule has 0 aliphatic carbocycles. The lowest BCUT2D eigenvalue weighted by molar-refractivity contribution is -0.129. The number of rotatable bonds is 5. The molecule has 0 saturated heterocycles. The zero-order valence-corrected chi connectivity index (χ0v) is 15.2. The maximum atomic E-state index is 12.5. The highest BCUT2D eigenvalue weighted by molar-refractivity contribution is 7.14. The Labute approximate surface area is 153 Å². The molecule has 7 heteroatoms. The van der Waals surface area contributed by atoms with E-state index in [2.05, 4.69) is 10.4 Å². The van der Waals surface area contributed by atoms with Crippen molar-refractivity contribution in [2.75, 3.05) is 13.8 Å². The average Bonchev–Trinajstić information content (AvgIpc) is 3.35. The van der Waals surface area contributed by atoms with Gasteiger partial charge in [0.15, 0.2) is 11.5 Å². The van der Waals surface area contributed by atoms with Gasteiger partial charge in [0.25, 0.3) is 0 Å². The van der Waals surface area contributed by atoms with E-state index in [1.165, 1.54) is 0 Å². The number of hydrogen-bond donors (Lipinski definition) is 0. The summed E-state index contributed by atoms with van der Waals surface area (Å²) in [5, 5.41) is 7.01. The number of fused-ring (bicyclic) bond motifs is 1. The number of ether oxygens (including phenoxy) is 2. The summed E-state index contributed by atoms with van der Waals surface area (Å²) in [5.41, 5.74) is 2.94. The molecule has 0 spiro atoms. The molecule has 0 atom stereocenters. The third kappa shape index (κ3) is 3.52. The number of thiophene rings is 1. The Balaban J connectivity index is 1.39. The lowest BCUT2D eigenvalue weighted by atomic mass is 10.2. The molecular weight excluding hydrogens is 356 g/mol. The van der Waals surface area contributed by atoms with Gasteiger partial charge in [-0.2, -0.15) is 11.3 Å². The predicted octanol–water partition coefficient (Wildman–Crippen LogP) is 3.80. The molecule has 5 nitrogen and oxygen atoms in total. The molecular formula is C18H16N2O3S2. The van der Waals surface area contributed by atoms with E-state index >= 15 is 0 Å². The molecule has 0 N–H and O–H groups in total.